The fraction of sp³-hybridized carbons (Fsp3) is 0.481. The zero-order valence-corrected chi connectivity index (χ0v) is 21.5. The van der Waals surface area contributed by atoms with Crippen LogP contribution in [0.15, 0.2) is 48.5 Å². The molecule has 0 spiro atoms. The van der Waals surface area contributed by atoms with Gasteiger partial charge in [-0.05, 0) is 36.1 Å². The monoisotopic (exact) mass is 505 g/mol. The molecule has 184 valence electrons. The Morgan fingerprint density at radius 3 is 2.41 bits per heavy atom. The van der Waals surface area contributed by atoms with E-state index in [1.807, 2.05) is 50.2 Å². The molecule has 0 heterocycles. The lowest BCUT2D eigenvalue weighted by atomic mass is 9.76. The van der Waals surface area contributed by atoms with E-state index in [4.69, 9.17) is 32.7 Å². The lowest BCUT2D eigenvalue weighted by molar-refractivity contribution is -0.143. The maximum absolute atomic E-state index is 13.1. The summed E-state index contributed by atoms with van der Waals surface area (Å²) in [5, 5.41) is 3.84. The molecule has 2 aromatic rings. The van der Waals surface area contributed by atoms with E-state index >= 15 is 0 Å². The number of carbonyl (C=O) groups excluding carboxylic acids is 2. The van der Waals surface area contributed by atoms with Gasteiger partial charge in [-0.1, -0.05) is 99.5 Å². The smallest absolute Gasteiger partial charge is 0.408 e. The Morgan fingerprint density at radius 1 is 1.06 bits per heavy atom. The largest absolute Gasteiger partial charge is 0.467 e. The van der Waals surface area contributed by atoms with Crippen molar-refractivity contribution in [1.29, 1.82) is 0 Å². The van der Waals surface area contributed by atoms with E-state index in [0.29, 0.717) is 27.9 Å². The first-order chi connectivity index (χ1) is 16.2. The number of hydrogen-bond donors (Lipinski definition) is 1. The van der Waals surface area contributed by atoms with Crippen LogP contribution in [-0.2, 0) is 19.7 Å². The number of benzene rings is 2. The predicted octanol–water partition coefficient (Wildman–Crippen LogP) is 7.25. The average molecular weight is 506 g/mol. The molecule has 0 bridgehead atoms. The SMILES string of the molecule is COC(=O)[C@H](CC1CCCCC1)NC(=O)O[C@H](c1ccccc1Cl)C(C)(C)c1cccc(Cl)c1. The van der Waals surface area contributed by atoms with Crippen molar-refractivity contribution in [1.82, 2.24) is 5.32 Å². The molecule has 3 rings (SSSR count). The summed E-state index contributed by atoms with van der Waals surface area (Å²) in [6.07, 6.45) is 4.72. The van der Waals surface area contributed by atoms with Crippen LogP contribution >= 0.6 is 23.2 Å². The summed E-state index contributed by atoms with van der Waals surface area (Å²) in [5.74, 6) is -0.0914. The molecule has 1 aliphatic rings. The first-order valence-electron chi connectivity index (χ1n) is 11.8. The first-order valence-corrected chi connectivity index (χ1v) is 12.5. The maximum Gasteiger partial charge on any atom is 0.408 e. The zero-order chi connectivity index (χ0) is 24.7. The lowest BCUT2D eigenvalue weighted by Gasteiger charge is -2.35. The molecule has 2 aromatic carbocycles. The highest BCUT2D eigenvalue weighted by Crippen LogP contribution is 2.42. The Kier molecular flexibility index (Phi) is 9.26. The standard InChI is InChI=1S/C27H33Cl2NO4/c1-27(2,19-12-9-13-20(28)17-19)24(21-14-7-8-15-22(21)29)34-26(32)30-23(25(31)33-3)16-18-10-5-4-6-11-18/h7-9,12-15,17-18,23-24H,4-6,10-11,16H2,1-3H3,(H,30,32)/t23-,24+/m0/s1. The Hall–Kier alpha value is -2.24. The van der Waals surface area contributed by atoms with Gasteiger partial charge in [0.1, 0.15) is 12.1 Å². The van der Waals surface area contributed by atoms with Crippen molar-refractivity contribution in [3.8, 4) is 0 Å². The molecule has 0 unspecified atom stereocenters. The second kappa shape index (κ2) is 11.9. The Balaban J connectivity index is 1.85. The molecule has 2 atom stereocenters. The average Bonchev–Trinajstić information content (AvgIpc) is 2.83. The van der Waals surface area contributed by atoms with Gasteiger partial charge in [0.2, 0.25) is 0 Å². The summed E-state index contributed by atoms with van der Waals surface area (Å²) >= 11 is 12.8. The molecular weight excluding hydrogens is 473 g/mol. The number of methoxy groups -OCH3 is 1. The van der Waals surface area contributed by atoms with E-state index in [-0.39, 0.29) is 0 Å². The van der Waals surface area contributed by atoms with Crippen LogP contribution in [0.3, 0.4) is 0 Å². The van der Waals surface area contributed by atoms with Gasteiger partial charge in [-0.15, -0.1) is 0 Å². The number of hydrogen-bond acceptors (Lipinski definition) is 4. The highest BCUT2D eigenvalue weighted by Gasteiger charge is 2.38. The van der Waals surface area contributed by atoms with Crippen LogP contribution in [0.25, 0.3) is 0 Å². The highest BCUT2D eigenvalue weighted by atomic mass is 35.5. The van der Waals surface area contributed by atoms with Crippen LogP contribution in [0, 0.1) is 5.92 Å². The van der Waals surface area contributed by atoms with Crippen molar-refractivity contribution in [2.45, 2.75) is 69.9 Å². The van der Waals surface area contributed by atoms with E-state index in [9.17, 15) is 9.59 Å². The number of halogens is 2. The molecule has 1 saturated carbocycles. The van der Waals surface area contributed by atoms with Gasteiger partial charge >= 0.3 is 12.1 Å². The van der Waals surface area contributed by atoms with E-state index in [1.54, 1.807) is 12.1 Å². The normalized spacial score (nSPS) is 16.4. The summed E-state index contributed by atoms with van der Waals surface area (Å²) in [6, 6.07) is 14.0. The molecule has 1 fully saturated rings. The van der Waals surface area contributed by atoms with E-state index in [1.165, 1.54) is 13.5 Å². The summed E-state index contributed by atoms with van der Waals surface area (Å²) in [6.45, 7) is 3.94. The fourth-order valence-electron chi connectivity index (χ4n) is 4.72. The number of nitrogens with one attached hydrogen (secondary N) is 1. The fourth-order valence-corrected chi connectivity index (χ4v) is 5.15. The van der Waals surface area contributed by atoms with Crippen LogP contribution < -0.4 is 5.32 Å². The molecule has 1 amide bonds. The van der Waals surface area contributed by atoms with Gasteiger partial charge in [0.05, 0.1) is 7.11 Å². The first kappa shape index (κ1) is 26.4. The van der Waals surface area contributed by atoms with Crippen molar-refractivity contribution in [2.24, 2.45) is 5.92 Å². The van der Waals surface area contributed by atoms with Gasteiger partial charge in [0.15, 0.2) is 0 Å². The Bertz CT molecular complexity index is 988. The molecule has 0 aromatic heterocycles. The van der Waals surface area contributed by atoms with E-state index in [0.717, 1.165) is 31.2 Å². The van der Waals surface area contributed by atoms with E-state index < -0.39 is 29.6 Å². The number of rotatable bonds is 8. The van der Waals surface area contributed by atoms with Crippen molar-refractivity contribution in [3.05, 3.63) is 69.7 Å². The minimum Gasteiger partial charge on any atom is -0.467 e. The molecular formula is C27H33Cl2NO4. The van der Waals surface area contributed by atoms with Gasteiger partial charge in [-0.25, -0.2) is 9.59 Å². The highest BCUT2D eigenvalue weighted by molar-refractivity contribution is 6.31. The number of amides is 1. The molecule has 5 nitrogen and oxygen atoms in total. The van der Waals surface area contributed by atoms with Gasteiger partial charge in [-0.3, -0.25) is 0 Å². The van der Waals surface area contributed by atoms with Crippen LogP contribution in [0.1, 0.15) is 69.6 Å². The van der Waals surface area contributed by atoms with Crippen LogP contribution in [0.5, 0.6) is 0 Å². The van der Waals surface area contributed by atoms with Crippen LogP contribution in [0.2, 0.25) is 10.0 Å². The molecule has 0 radical (unpaired) electrons. The summed E-state index contributed by atoms with van der Waals surface area (Å²) in [5.41, 5.74) is 0.896. The second-order valence-corrected chi connectivity index (χ2v) is 10.3. The Morgan fingerprint density at radius 2 is 1.76 bits per heavy atom. The van der Waals surface area contributed by atoms with Crippen molar-refractivity contribution in [2.75, 3.05) is 7.11 Å². The van der Waals surface area contributed by atoms with Crippen LogP contribution in [-0.4, -0.2) is 25.2 Å². The molecule has 0 aliphatic heterocycles. The predicted molar refractivity (Wildman–Crippen MR) is 135 cm³/mol. The summed E-state index contributed by atoms with van der Waals surface area (Å²) in [7, 11) is 1.33. The minimum absolute atomic E-state index is 0.375. The van der Waals surface area contributed by atoms with Gasteiger partial charge in [0.25, 0.3) is 0 Å². The van der Waals surface area contributed by atoms with Crippen molar-refractivity contribution in [3.63, 3.8) is 0 Å². The van der Waals surface area contributed by atoms with Gasteiger partial charge in [0, 0.05) is 21.0 Å². The Labute approximate surface area is 212 Å². The topological polar surface area (TPSA) is 64.6 Å². The third kappa shape index (κ3) is 6.67. The van der Waals surface area contributed by atoms with Gasteiger partial charge in [-0.2, -0.15) is 0 Å². The van der Waals surface area contributed by atoms with Crippen molar-refractivity contribution >= 4 is 35.3 Å². The summed E-state index contributed by atoms with van der Waals surface area (Å²) < 4.78 is 11.0. The number of esters is 1. The molecule has 34 heavy (non-hydrogen) atoms. The quantitative estimate of drug-likeness (QED) is 0.383. The number of alkyl carbamates (subject to hydrolysis) is 1. The van der Waals surface area contributed by atoms with Crippen molar-refractivity contribution < 1.29 is 19.1 Å². The molecule has 1 aliphatic carbocycles. The van der Waals surface area contributed by atoms with Gasteiger partial charge < -0.3 is 14.8 Å². The number of ether oxygens (including phenoxy) is 2. The maximum atomic E-state index is 13.1. The van der Waals surface area contributed by atoms with E-state index in [2.05, 4.69) is 5.32 Å². The lowest BCUT2D eigenvalue weighted by Crippen LogP contribution is -2.44. The third-order valence-electron chi connectivity index (χ3n) is 6.71. The molecule has 0 saturated heterocycles. The second-order valence-electron chi connectivity index (χ2n) is 9.50. The number of carbonyl (C=O) groups is 2. The third-order valence-corrected chi connectivity index (χ3v) is 7.29. The molecule has 7 heteroatoms. The van der Waals surface area contributed by atoms with Crippen LogP contribution in [0.4, 0.5) is 4.79 Å². The minimum atomic E-state index is -0.762. The molecule has 1 N–H and O–H groups in total. The summed E-state index contributed by atoms with van der Waals surface area (Å²) in [4.78, 5) is 25.6. The zero-order valence-electron chi connectivity index (χ0n) is 20.0.